The first kappa shape index (κ1) is 21.0. The summed E-state index contributed by atoms with van der Waals surface area (Å²) >= 11 is 0. The van der Waals surface area contributed by atoms with Crippen LogP contribution in [0.3, 0.4) is 0 Å². The molecule has 1 aromatic carbocycles. The molecule has 1 rings (SSSR count). The minimum Gasteiger partial charge on any atom is -0.490 e. The van der Waals surface area contributed by atoms with Gasteiger partial charge in [-0.3, -0.25) is 4.79 Å². The summed E-state index contributed by atoms with van der Waals surface area (Å²) in [7, 11) is 0. The number of hydrogen-bond acceptors (Lipinski definition) is 4. The lowest BCUT2D eigenvalue weighted by molar-refractivity contribution is -0.139. The van der Waals surface area contributed by atoms with Crippen molar-refractivity contribution in [2.24, 2.45) is 0 Å². The molecule has 0 saturated heterocycles. The Balaban J connectivity index is 2.91. The SMILES string of the molecule is CCCCC[C@@](C)(OCC)C(=O)Nc1ccc(OC(C)C)c(C#N)c1. The number of amides is 1. The number of nitrogens with zero attached hydrogens (tertiary/aromatic N) is 1. The number of nitriles is 1. The zero-order valence-electron chi connectivity index (χ0n) is 16.0. The van der Waals surface area contributed by atoms with Crippen LogP contribution in [0.25, 0.3) is 0 Å². The molecule has 0 bridgehead atoms. The van der Waals surface area contributed by atoms with Crippen LogP contribution in [0.5, 0.6) is 5.75 Å². The van der Waals surface area contributed by atoms with Gasteiger partial charge in [0, 0.05) is 12.3 Å². The van der Waals surface area contributed by atoms with Crippen LogP contribution in [0.4, 0.5) is 5.69 Å². The smallest absolute Gasteiger partial charge is 0.256 e. The van der Waals surface area contributed by atoms with Gasteiger partial charge < -0.3 is 14.8 Å². The van der Waals surface area contributed by atoms with Crippen molar-refractivity contribution < 1.29 is 14.3 Å². The molecule has 1 N–H and O–H groups in total. The second-order valence-electron chi connectivity index (χ2n) is 6.56. The average molecular weight is 346 g/mol. The molecule has 0 aliphatic heterocycles. The highest BCUT2D eigenvalue weighted by Gasteiger charge is 2.33. The Hall–Kier alpha value is -2.06. The summed E-state index contributed by atoms with van der Waals surface area (Å²) in [6, 6.07) is 7.20. The van der Waals surface area contributed by atoms with Gasteiger partial charge in [-0.1, -0.05) is 26.2 Å². The van der Waals surface area contributed by atoms with Gasteiger partial charge in [0.05, 0.1) is 11.7 Å². The van der Waals surface area contributed by atoms with Crippen molar-refractivity contribution in [2.75, 3.05) is 11.9 Å². The summed E-state index contributed by atoms with van der Waals surface area (Å²) in [6.45, 7) is 10.1. The van der Waals surface area contributed by atoms with Crippen molar-refractivity contribution in [1.82, 2.24) is 0 Å². The first-order valence-electron chi connectivity index (χ1n) is 9.02. The van der Waals surface area contributed by atoms with E-state index in [0.717, 1.165) is 19.3 Å². The molecule has 0 aromatic heterocycles. The molecular formula is C20H30N2O3. The highest BCUT2D eigenvalue weighted by atomic mass is 16.5. The van der Waals surface area contributed by atoms with Gasteiger partial charge in [0.1, 0.15) is 17.4 Å². The normalized spacial score (nSPS) is 13.2. The van der Waals surface area contributed by atoms with Gasteiger partial charge in [0.15, 0.2) is 0 Å². The summed E-state index contributed by atoms with van der Waals surface area (Å²) in [6.07, 6.45) is 3.74. The number of hydrogen-bond donors (Lipinski definition) is 1. The van der Waals surface area contributed by atoms with Crippen LogP contribution in [0.1, 0.15) is 65.9 Å². The number of carbonyl (C=O) groups is 1. The van der Waals surface area contributed by atoms with Crippen molar-refractivity contribution in [3.63, 3.8) is 0 Å². The Morgan fingerprint density at radius 2 is 2.04 bits per heavy atom. The molecule has 0 unspecified atom stereocenters. The van der Waals surface area contributed by atoms with Gasteiger partial charge in [0.2, 0.25) is 0 Å². The van der Waals surface area contributed by atoms with E-state index in [-0.39, 0.29) is 12.0 Å². The van der Waals surface area contributed by atoms with E-state index in [2.05, 4.69) is 18.3 Å². The maximum atomic E-state index is 12.7. The molecule has 25 heavy (non-hydrogen) atoms. The minimum atomic E-state index is -0.871. The fraction of sp³-hybridized carbons (Fsp3) is 0.600. The second kappa shape index (κ2) is 10.0. The third-order valence-electron chi connectivity index (χ3n) is 3.92. The predicted octanol–water partition coefficient (Wildman–Crippen LogP) is 4.66. The van der Waals surface area contributed by atoms with Crippen LogP contribution >= 0.6 is 0 Å². The first-order chi connectivity index (χ1) is 11.9. The predicted molar refractivity (Wildman–Crippen MR) is 99.7 cm³/mol. The lowest BCUT2D eigenvalue weighted by Crippen LogP contribution is -2.42. The van der Waals surface area contributed by atoms with Crippen molar-refractivity contribution >= 4 is 11.6 Å². The zero-order valence-corrected chi connectivity index (χ0v) is 16.0. The maximum absolute atomic E-state index is 12.7. The number of rotatable bonds is 10. The van der Waals surface area contributed by atoms with E-state index in [1.807, 2.05) is 27.7 Å². The van der Waals surface area contributed by atoms with Crippen molar-refractivity contribution in [2.45, 2.75) is 72.0 Å². The van der Waals surface area contributed by atoms with Crippen LogP contribution < -0.4 is 10.1 Å². The average Bonchev–Trinajstić information content (AvgIpc) is 2.56. The number of carbonyl (C=O) groups excluding carboxylic acids is 1. The quantitative estimate of drug-likeness (QED) is 0.625. The van der Waals surface area contributed by atoms with E-state index in [1.165, 1.54) is 0 Å². The van der Waals surface area contributed by atoms with Crippen LogP contribution in [-0.2, 0) is 9.53 Å². The Morgan fingerprint density at radius 1 is 1.32 bits per heavy atom. The van der Waals surface area contributed by atoms with E-state index in [4.69, 9.17) is 9.47 Å². The lowest BCUT2D eigenvalue weighted by Gasteiger charge is -2.28. The molecule has 0 aliphatic rings. The molecule has 1 amide bonds. The molecule has 1 aromatic rings. The highest BCUT2D eigenvalue weighted by molar-refractivity contribution is 5.97. The molecule has 5 heteroatoms. The third kappa shape index (κ3) is 6.39. The van der Waals surface area contributed by atoms with E-state index >= 15 is 0 Å². The van der Waals surface area contributed by atoms with Gasteiger partial charge in [0.25, 0.3) is 5.91 Å². The fourth-order valence-corrected chi connectivity index (χ4v) is 2.60. The number of benzene rings is 1. The minimum absolute atomic E-state index is 0.0210. The summed E-state index contributed by atoms with van der Waals surface area (Å²) in [5.74, 6) is 0.331. The number of unbranched alkanes of at least 4 members (excludes halogenated alkanes) is 2. The fourth-order valence-electron chi connectivity index (χ4n) is 2.60. The Bertz CT molecular complexity index is 607. The Labute approximate surface area is 151 Å². The van der Waals surface area contributed by atoms with Crippen LogP contribution in [0.2, 0.25) is 0 Å². The standard InChI is InChI=1S/C20H30N2O3/c1-6-8-9-12-20(5,24-7-2)19(23)22-17-10-11-18(25-15(3)4)16(13-17)14-21/h10-11,13,15H,6-9,12H2,1-5H3,(H,22,23)/t20-/m1/s1. The summed E-state index contributed by atoms with van der Waals surface area (Å²) in [5.41, 5.74) is 0.0961. The van der Waals surface area contributed by atoms with Crippen LogP contribution in [0, 0.1) is 11.3 Å². The van der Waals surface area contributed by atoms with Crippen LogP contribution in [0.15, 0.2) is 18.2 Å². The van der Waals surface area contributed by atoms with Gasteiger partial charge >= 0.3 is 0 Å². The van der Waals surface area contributed by atoms with Crippen molar-refractivity contribution in [1.29, 1.82) is 5.26 Å². The topological polar surface area (TPSA) is 71.3 Å². The molecule has 0 aliphatic carbocycles. The van der Waals surface area contributed by atoms with Gasteiger partial charge in [-0.2, -0.15) is 5.26 Å². The molecule has 5 nitrogen and oxygen atoms in total. The molecule has 0 spiro atoms. The Kier molecular flexibility index (Phi) is 8.44. The number of anilines is 1. The summed E-state index contributed by atoms with van der Waals surface area (Å²) < 4.78 is 11.3. The monoisotopic (exact) mass is 346 g/mol. The van der Waals surface area contributed by atoms with Crippen molar-refractivity contribution in [3.8, 4) is 11.8 Å². The zero-order chi connectivity index (χ0) is 18.9. The molecule has 0 radical (unpaired) electrons. The molecular weight excluding hydrogens is 316 g/mol. The van der Waals surface area contributed by atoms with Crippen LogP contribution in [-0.4, -0.2) is 24.2 Å². The summed E-state index contributed by atoms with van der Waals surface area (Å²) in [5, 5.41) is 12.2. The van der Waals surface area contributed by atoms with Gasteiger partial charge in [-0.25, -0.2) is 0 Å². The van der Waals surface area contributed by atoms with Gasteiger partial charge in [-0.15, -0.1) is 0 Å². The molecule has 0 heterocycles. The molecule has 138 valence electrons. The second-order valence-corrected chi connectivity index (χ2v) is 6.56. The van der Waals surface area contributed by atoms with E-state index in [0.29, 0.717) is 30.0 Å². The van der Waals surface area contributed by atoms with E-state index in [9.17, 15) is 10.1 Å². The third-order valence-corrected chi connectivity index (χ3v) is 3.92. The molecule has 0 saturated carbocycles. The molecule has 1 atom stereocenters. The first-order valence-corrected chi connectivity index (χ1v) is 9.02. The molecule has 0 fully saturated rings. The van der Waals surface area contributed by atoms with E-state index in [1.54, 1.807) is 18.2 Å². The van der Waals surface area contributed by atoms with Crippen molar-refractivity contribution in [3.05, 3.63) is 23.8 Å². The highest BCUT2D eigenvalue weighted by Crippen LogP contribution is 2.26. The number of ether oxygens (including phenoxy) is 2. The van der Waals surface area contributed by atoms with Gasteiger partial charge in [-0.05, 0) is 52.3 Å². The maximum Gasteiger partial charge on any atom is 0.256 e. The van der Waals surface area contributed by atoms with E-state index < -0.39 is 5.60 Å². The largest absolute Gasteiger partial charge is 0.490 e. The number of nitrogens with one attached hydrogen (secondary N) is 1. The Morgan fingerprint density at radius 3 is 2.60 bits per heavy atom. The lowest BCUT2D eigenvalue weighted by atomic mass is 9.96. The summed E-state index contributed by atoms with van der Waals surface area (Å²) in [4.78, 5) is 12.7.